The fraction of sp³-hybridized carbons (Fsp3) is 0.125. The molecule has 0 saturated heterocycles. The van der Waals surface area contributed by atoms with Crippen molar-refractivity contribution >= 4 is 0 Å². The van der Waals surface area contributed by atoms with Crippen molar-refractivity contribution in [2.75, 3.05) is 0 Å². The lowest BCUT2D eigenvalue weighted by molar-refractivity contribution is 0.174. The van der Waals surface area contributed by atoms with Crippen LogP contribution in [0.3, 0.4) is 0 Å². The van der Waals surface area contributed by atoms with E-state index in [0.29, 0.717) is 0 Å². The van der Waals surface area contributed by atoms with E-state index in [1.807, 2.05) is 0 Å². The Morgan fingerprint density at radius 1 is 1.55 bits per heavy atom. The third-order valence-electron chi connectivity index (χ3n) is 1.34. The van der Waals surface area contributed by atoms with E-state index in [0.717, 1.165) is 6.07 Å². The molecule has 0 fully saturated rings. The largest absolute Gasteiger partial charge is 0.231 e. The van der Waals surface area contributed by atoms with Gasteiger partial charge in [-0.25, -0.2) is 9.50 Å². The summed E-state index contributed by atoms with van der Waals surface area (Å²) >= 11 is 0. The van der Waals surface area contributed by atoms with Crippen LogP contribution in [0.5, 0.6) is 0 Å². The second kappa shape index (κ2) is 3.13. The van der Waals surface area contributed by atoms with E-state index in [1.54, 1.807) is 6.07 Å². The van der Waals surface area contributed by atoms with Gasteiger partial charge in [-0.15, -0.1) is 0 Å². The molecule has 3 heteroatoms. The summed E-state index contributed by atoms with van der Waals surface area (Å²) in [5.74, 6) is -0.598. The first kappa shape index (κ1) is 7.70. The van der Waals surface area contributed by atoms with E-state index < -0.39 is 12.4 Å². The van der Waals surface area contributed by atoms with Crippen LogP contribution in [0.25, 0.3) is 0 Å². The Hall–Kier alpha value is -1.40. The second-order valence-electron chi connectivity index (χ2n) is 2.06. The third-order valence-corrected chi connectivity index (χ3v) is 1.34. The molecule has 1 radical (unpaired) electrons. The standard InChI is InChI=1S/C8H5FNO/c9-8-3-6(4-10)1-2-7(8)5-11/h1-3H,5H2. The second-order valence-corrected chi connectivity index (χ2v) is 2.06. The molecule has 0 heterocycles. The Labute approximate surface area is 63.5 Å². The Morgan fingerprint density at radius 3 is 2.73 bits per heavy atom. The molecule has 0 spiro atoms. The lowest BCUT2D eigenvalue weighted by atomic mass is 10.1. The maximum atomic E-state index is 12.7. The molecule has 0 unspecified atom stereocenters. The summed E-state index contributed by atoms with van der Waals surface area (Å²) in [7, 11) is 0. The molecular weight excluding hydrogens is 145 g/mol. The molecule has 2 nitrogen and oxygen atoms in total. The molecule has 0 bridgehead atoms. The summed E-state index contributed by atoms with van der Waals surface area (Å²) in [4.78, 5) is 0. The van der Waals surface area contributed by atoms with Gasteiger partial charge in [-0.1, -0.05) is 6.07 Å². The van der Waals surface area contributed by atoms with Gasteiger partial charge in [0.05, 0.1) is 11.6 Å². The van der Waals surface area contributed by atoms with Crippen LogP contribution in [-0.2, 0) is 11.7 Å². The van der Waals surface area contributed by atoms with Gasteiger partial charge < -0.3 is 0 Å². The predicted molar refractivity (Wildman–Crippen MR) is 35.5 cm³/mol. The van der Waals surface area contributed by atoms with Gasteiger partial charge >= 0.3 is 0 Å². The van der Waals surface area contributed by atoms with Gasteiger partial charge in [0.25, 0.3) is 0 Å². The van der Waals surface area contributed by atoms with Crippen molar-refractivity contribution in [3.05, 3.63) is 35.1 Å². The smallest absolute Gasteiger partial charge is 0.130 e. The molecule has 0 N–H and O–H groups in total. The fourth-order valence-corrected chi connectivity index (χ4v) is 0.734. The molecule has 0 amide bonds. The van der Waals surface area contributed by atoms with Crippen LogP contribution >= 0.6 is 0 Å². The average Bonchev–Trinajstić information content (AvgIpc) is 2.04. The monoisotopic (exact) mass is 150 g/mol. The van der Waals surface area contributed by atoms with Crippen LogP contribution in [0.2, 0.25) is 0 Å². The number of nitriles is 1. The van der Waals surface area contributed by atoms with Crippen molar-refractivity contribution in [3.63, 3.8) is 0 Å². The third kappa shape index (κ3) is 1.54. The molecule has 1 aromatic carbocycles. The first-order chi connectivity index (χ1) is 5.27. The van der Waals surface area contributed by atoms with E-state index in [-0.39, 0.29) is 11.1 Å². The maximum Gasteiger partial charge on any atom is 0.130 e. The number of nitrogens with zero attached hydrogens (tertiary/aromatic N) is 1. The Morgan fingerprint density at radius 2 is 2.27 bits per heavy atom. The number of hydrogen-bond acceptors (Lipinski definition) is 1. The van der Waals surface area contributed by atoms with Crippen LogP contribution in [0, 0.1) is 17.1 Å². The van der Waals surface area contributed by atoms with Crippen molar-refractivity contribution in [2.45, 2.75) is 6.61 Å². The minimum atomic E-state index is -0.598. The molecule has 0 saturated carbocycles. The highest BCUT2D eigenvalue weighted by atomic mass is 19.1. The van der Waals surface area contributed by atoms with Crippen LogP contribution in [0.1, 0.15) is 11.1 Å². The van der Waals surface area contributed by atoms with Crippen molar-refractivity contribution in [2.24, 2.45) is 0 Å². The zero-order valence-corrected chi connectivity index (χ0v) is 5.67. The average molecular weight is 150 g/mol. The lowest BCUT2D eigenvalue weighted by Crippen LogP contribution is -1.88. The van der Waals surface area contributed by atoms with Crippen molar-refractivity contribution in [1.29, 1.82) is 5.26 Å². The van der Waals surface area contributed by atoms with Crippen LogP contribution in [0.4, 0.5) is 4.39 Å². The van der Waals surface area contributed by atoms with E-state index in [2.05, 4.69) is 0 Å². The van der Waals surface area contributed by atoms with Crippen LogP contribution in [0.15, 0.2) is 18.2 Å². The number of hydrogen-bond donors (Lipinski definition) is 0. The highest BCUT2D eigenvalue weighted by Gasteiger charge is 2.01. The summed E-state index contributed by atoms with van der Waals surface area (Å²) in [5, 5.41) is 18.6. The molecule has 0 aliphatic rings. The lowest BCUT2D eigenvalue weighted by Gasteiger charge is -1.95. The Kier molecular flexibility index (Phi) is 2.19. The first-order valence-electron chi connectivity index (χ1n) is 3.04. The highest BCUT2D eigenvalue weighted by molar-refractivity contribution is 5.32. The summed E-state index contributed by atoms with van der Waals surface area (Å²) in [6, 6.07) is 5.60. The summed E-state index contributed by atoms with van der Waals surface area (Å²) in [5.41, 5.74) is 0.337. The van der Waals surface area contributed by atoms with E-state index in [9.17, 15) is 9.50 Å². The molecule has 0 atom stereocenters. The minimum absolute atomic E-state index is 0.101. The van der Waals surface area contributed by atoms with Gasteiger partial charge in [0.2, 0.25) is 0 Å². The molecule has 55 valence electrons. The zero-order valence-electron chi connectivity index (χ0n) is 5.67. The normalized spacial score (nSPS) is 9.18. The fourth-order valence-electron chi connectivity index (χ4n) is 0.734. The molecule has 0 aromatic heterocycles. The highest BCUT2D eigenvalue weighted by Crippen LogP contribution is 2.09. The molecule has 0 aliphatic carbocycles. The predicted octanol–water partition coefficient (Wildman–Crippen LogP) is 1.63. The molecular formula is C8H5FNO. The summed E-state index contributed by atoms with van der Waals surface area (Å²) in [6.07, 6.45) is 0. The molecule has 1 rings (SSSR count). The van der Waals surface area contributed by atoms with E-state index >= 15 is 0 Å². The molecule has 1 aromatic rings. The van der Waals surface area contributed by atoms with Gasteiger partial charge in [-0.2, -0.15) is 5.26 Å². The van der Waals surface area contributed by atoms with Crippen LogP contribution in [-0.4, -0.2) is 0 Å². The quantitative estimate of drug-likeness (QED) is 0.599. The molecule has 0 aliphatic heterocycles. The Balaban J connectivity index is 3.12. The SMILES string of the molecule is N#Cc1ccc(C[O])c(F)c1. The van der Waals surface area contributed by atoms with Gasteiger partial charge in [-0.05, 0) is 12.1 Å². The number of halogens is 1. The Bertz CT molecular complexity index is 303. The van der Waals surface area contributed by atoms with E-state index in [4.69, 9.17) is 5.26 Å². The number of rotatable bonds is 1. The summed E-state index contributed by atoms with van der Waals surface area (Å²) in [6.45, 7) is -0.586. The van der Waals surface area contributed by atoms with Crippen LogP contribution < -0.4 is 0 Å². The first-order valence-corrected chi connectivity index (χ1v) is 3.04. The van der Waals surface area contributed by atoms with Crippen molar-refractivity contribution in [1.82, 2.24) is 0 Å². The van der Waals surface area contributed by atoms with E-state index in [1.165, 1.54) is 12.1 Å². The summed E-state index contributed by atoms with van der Waals surface area (Å²) < 4.78 is 12.7. The van der Waals surface area contributed by atoms with Crippen molar-refractivity contribution < 1.29 is 9.50 Å². The van der Waals surface area contributed by atoms with Gasteiger partial charge in [0.1, 0.15) is 12.4 Å². The van der Waals surface area contributed by atoms with Gasteiger partial charge in [0.15, 0.2) is 0 Å². The zero-order chi connectivity index (χ0) is 8.27. The number of benzene rings is 1. The minimum Gasteiger partial charge on any atom is -0.231 e. The molecule has 11 heavy (non-hydrogen) atoms. The maximum absolute atomic E-state index is 12.7. The topological polar surface area (TPSA) is 43.7 Å². The van der Waals surface area contributed by atoms with Gasteiger partial charge in [0, 0.05) is 5.56 Å². The van der Waals surface area contributed by atoms with Crippen molar-refractivity contribution in [3.8, 4) is 6.07 Å². The van der Waals surface area contributed by atoms with Gasteiger partial charge in [-0.3, -0.25) is 0 Å².